The summed E-state index contributed by atoms with van der Waals surface area (Å²) in [6, 6.07) is 0. The molecule has 0 radical (unpaired) electrons. The van der Waals surface area contributed by atoms with Crippen LogP contribution in [0.3, 0.4) is 0 Å². The Morgan fingerprint density at radius 3 is 1.63 bits per heavy atom. The summed E-state index contributed by atoms with van der Waals surface area (Å²) in [4.78, 5) is 24.6. The molecule has 164 valence electrons. The van der Waals surface area contributed by atoms with Gasteiger partial charge in [0.05, 0.1) is 17.3 Å². The first-order chi connectivity index (χ1) is 13.6. The van der Waals surface area contributed by atoms with Crippen LogP contribution in [-0.2, 0) is 0 Å². The predicted octanol–water partition coefficient (Wildman–Crippen LogP) is 0.542. The molecule has 0 unspecified atom stereocenters. The Labute approximate surface area is 196 Å². The zero-order valence-electron chi connectivity index (χ0n) is 14.7. The number of hydrogen-bond acceptors (Lipinski definition) is 9. The third kappa shape index (κ3) is 13.5. The molecular weight excluding hydrogens is 505 g/mol. The van der Waals surface area contributed by atoms with Crippen molar-refractivity contribution in [2.24, 2.45) is 44.1 Å². The van der Waals surface area contributed by atoms with Gasteiger partial charge in [-0.05, 0) is 23.2 Å². The van der Waals surface area contributed by atoms with E-state index in [1.807, 2.05) is 0 Å². The number of carbonyl (C=O) groups excluding carboxylic acids is 1. The smallest absolute Gasteiger partial charge is 0.223 e. The second-order valence-corrected chi connectivity index (χ2v) is 5.60. The molecule has 0 bridgehead atoms. The van der Waals surface area contributed by atoms with Crippen LogP contribution in [0.1, 0.15) is 15.9 Å². The summed E-state index contributed by atoms with van der Waals surface area (Å²) >= 11 is 22.0. The molecule has 0 aliphatic heterocycles. The average Bonchev–Trinajstić information content (AvgIpc) is 2.64. The zero-order valence-corrected chi connectivity index (χ0v) is 18.5. The van der Waals surface area contributed by atoms with E-state index in [2.05, 4.69) is 41.1 Å². The SMILES string of the molecule is Cl.NC(N)=N/N=C/c1cnc(Cl)nc1Cl.NN=C(N)N.O=Cc1cnc(Cl)nc1Cl. The standard InChI is InChI=1S/C6H6Cl2N6.C5H2Cl2N2O.CH6N4.ClH/c7-4-3(1-11-5(8)13-4)2-12-14-6(9)10;6-4-3(2-10)1-8-5(7)9-4;2-1(3)5-4;/h1-2H,(H4,9,10,14);1-2H;4H2,(H4,2,3,5);1H/b12-2+;;;. The summed E-state index contributed by atoms with van der Waals surface area (Å²) in [5, 5.41) is 10.1. The molecule has 30 heavy (non-hydrogen) atoms. The lowest BCUT2D eigenvalue weighted by Gasteiger charge is -1.94. The van der Waals surface area contributed by atoms with Crippen molar-refractivity contribution < 1.29 is 4.79 Å². The van der Waals surface area contributed by atoms with Crippen molar-refractivity contribution in [3.63, 3.8) is 0 Å². The maximum Gasteiger partial charge on any atom is 0.223 e. The number of aromatic nitrogens is 4. The molecule has 0 spiro atoms. The van der Waals surface area contributed by atoms with Gasteiger partial charge in [0.25, 0.3) is 0 Å². The van der Waals surface area contributed by atoms with Gasteiger partial charge in [-0.2, -0.15) is 5.10 Å². The van der Waals surface area contributed by atoms with Crippen LogP contribution in [-0.4, -0.2) is 44.4 Å². The van der Waals surface area contributed by atoms with E-state index in [1.54, 1.807) is 0 Å². The van der Waals surface area contributed by atoms with Crippen molar-refractivity contribution in [3.05, 3.63) is 44.4 Å². The molecule has 2 aromatic rings. The number of hydrogen-bond donors (Lipinski definition) is 5. The maximum atomic E-state index is 10.1. The van der Waals surface area contributed by atoms with Gasteiger partial charge in [0.1, 0.15) is 10.3 Å². The van der Waals surface area contributed by atoms with Gasteiger partial charge in [0.15, 0.2) is 6.29 Å². The third-order valence-corrected chi connectivity index (χ3v) is 3.09. The number of rotatable bonds is 3. The minimum absolute atomic E-state index is 0. The van der Waals surface area contributed by atoms with Crippen LogP contribution in [0, 0.1) is 0 Å². The van der Waals surface area contributed by atoms with Crippen LogP contribution < -0.4 is 28.8 Å². The van der Waals surface area contributed by atoms with Crippen molar-refractivity contribution in [2.75, 3.05) is 0 Å². The minimum Gasteiger partial charge on any atom is -0.369 e. The lowest BCUT2D eigenvalue weighted by Crippen LogP contribution is -2.23. The first kappa shape index (κ1) is 29.5. The van der Waals surface area contributed by atoms with Crippen LogP contribution in [0.2, 0.25) is 20.9 Å². The van der Waals surface area contributed by atoms with E-state index in [0.29, 0.717) is 11.8 Å². The first-order valence-corrected chi connectivity index (χ1v) is 8.33. The van der Waals surface area contributed by atoms with E-state index in [4.69, 9.17) is 69.3 Å². The summed E-state index contributed by atoms with van der Waals surface area (Å²) in [5.41, 5.74) is 20.2. The van der Waals surface area contributed by atoms with Gasteiger partial charge in [0, 0.05) is 12.4 Å². The Kier molecular flexibility index (Phi) is 15.9. The summed E-state index contributed by atoms with van der Waals surface area (Å²) in [6.07, 6.45) is 4.56. The fourth-order valence-corrected chi connectivity index (χ4v) is 1.73. The van der Waals surface area contributed by atoms with Crippen molar-refractivity contribution in [2.45, 2.75) is 0 Å². The van der Waals surface area contributed by atoms with E-state index in [0.717, 1.165) is 0 Å². The highest BCUT2D eigenvalue weighted by Gasteiger charge is 2.01. The Morgan fingerprint density at radius 2 is 1.30 bits per heavy atom. The van der Waals surface area contributed by atoms with Gasteiger partial charge >= 0.3 is 0 Å². The van der Waals surface area contributed by atoms with E-state index < -0.39 is 0 Å². The molecule has 2 aromatic heterocycles. The van der Waals surface area contributed by atoms with Crippen molar-refractivity contribution >= 4 is 83.2 Å². The van der Waals surface area contributed by atoms with Gasteiger partial charge in [-0.15, -0.1) is 22.6 Å². The summed E-state index contributed by atoms with van der Waals surface area (Å²) in [5.74, 6) is 4.27. The van der Waals surface area contributed by atoms with Crippen molar-refractivity contribution in [1.29, 1.82) is 0 Å². The average molecular weight is 521 g/mol. The Balaban J connectivity index is 0. The Hall–Kier alpha value is -2.71. The molecule has 2 rings (SSSR count). The molecule has 0 saturated carbocycles. The summed E-state index contributed by atoms with van der Waals surface area (Å²) in [6.45, 7) is 0. The quantitative estimate of drug-likeness (QED) is 0.0716. The molecule has 0 amide bonds. The molecule has 0 aliphatic carbocycles. The normalized spacial score (nSPS) is 9.07. The van der Waals surface area contributed by atoms with Gasteiger partial charge in [-0.25, -0.2) is 19.9 Å². The lowest BCUT2D eigenvalue weighted by molar-refractivity contribution is 0.112. The van der Waals surface area contributed by atoms with Crippen molar-refractivity contribution in [1.82, 2.24) is 19.9 Å². The van der Waals surface area contributed by atoms with E-state index >= 15 is 0 Å². The van der Waals surface area contributed by atoms with E-state index in [-0.39, 0.29) is 50.8 Å². The number of halogens is 5. The van der Waals surface area contributed by atoms with Crippen LogP contribution in [0.5, 0.6) is 0 Å². The predicted molar refractivity (Wildman–Crippen MR) is 120 cm³/mol. The molecular formula is C12H15Cl5N12O. The second-order valence-electron chi connectivity index (χ2n) is 4.21. The molecule has 0 fully saturated rings. The molecule has 0 aliphatic rings. The number of nitrogens with zero attached hydrogens (tertiary/aromatic N) is 7. The van der Waals surface area contributed by atoms with E-state index in [9.17, 15) is 4.79 Å². The fourth-order valence-electron chi connectivity index (χ4n) is 1.02. The Morgan fingerprint density at radius 1 is 0.867 bits per heavy atom. The van der Waals surface area contributed by atoms with Crippen LogP contribution in [0.15, 0.2) is 27.7 Å². The van der Waals surface area contributed by atoms with Gasteiger partial charge in [-0.3, -0.25) is 4.79 Å². The highest BCUT2D eigenvalue weighted by molar-refractivity contribution is 6.34. The largest absolute Gasteiger partial charge is 0.369 e. The summed E-state index contributed by atoms with van der Waals surface area (Å²) < 4.78 is 0. The van der Waals surface area contributed by atoms with E-state index in [1.165, 1.54) is 18.6 Å². The van der Waals surface area contributed by atoms with Crippen LogP contribution in [0.4, 0.5) is 0 Å². The molecule has 0 aromatic carbocycles. The summed E-state index contributed by atoms with van der Waals surface area (Å²) in [7, 11) is 0. The number of hydrazone groups is 1. The highest BCUT2D eigenvalue weighted by Crippen LogP contribution is 2.12. The Bertz CT molecular complexity index is 899. The number of carbonyl (C=O) groups is 1. The number of nitrogens with two attached hydrogens (primary N) is 5. The van der Waals surface area contributed by atoms with Gasteiger partial charge in [0.2, 0.25) is 22.5 Å². The monoisotopic (exact) mass is 518 g/mol. The number of guanidine groups is 2. The second kappa shape index (κ2) is 16.1. The molecule has 0 saturated heterocycles. The molecule has 2 heterocycles. The highest BCUT2D eigenvalue weighted by atomic mass is 35.5. The van der Waals surface area contributed by atoms with Crippen molar-refractivity contribution in [3.8, 4) is 0 Å². The minimum atomic E-state index is -0.146. The van der Waals surface area contributed by atoms with Crippen LogP contribution in [0.25, 0.3) is 0 Å². The zero-order chi connectivity index (χ0) is 22.4. The third-order valence-electron chi connectivity index (χ3n) is 2.12. The molecule has 13 nitrogen and oxygen atoms in total. The fraction of sp³-hybridized carbons (Fsp3) is 0. The molecule has 18 heteroatoms. The number of aldehydes is 1. The topological polar surface area (TPSA) is 236 Å². The molecule has 10 N–H and O–H groups in total. The van der Waals surface area contributed by atoms with Gasteiger partial charge < -0.3 is 28.8 Å². The van der Waals surface area contributed by atoms with Gasteiger partial charge in [-0.1, -0.05) is 23.2 Å². The lowest BCUT2D eigenvalue weighted by atomic mass is 10.4. The van der Waals surface area contributed by atoms with Crippen LogP contribution >= 0.6 is 58.8 Å². The maximum absolute atomic E-state index is 10.1. The first-order valence-electron chi connectivity index (χ1n) is 6.82. The molecule has 0 atom stereocenters.